The van der Waals surface area contributed by atoms with Crippen LogP contribution in [0.5, 0.6) is 5.75 Å². The van der Waals surface area contributed by atoms with Crippen molar-refractivity contribution in [3.8, 4) is 16.9 Å². The molecule has 4 saturated carbocycles. The van der Waals surface area contributed by atoms with Crippen LogP contribution in [-0.2, 0) is 20.2 Å². The fourth-order valence-electron chi connectivity index (χ4n) is 8.70. The van der Waals surface area contributed by atoms with E-state index in [0.717, 1.165) is 99.9 Å². The summed E-state index contributed by atoms with van der Waals surface area (Å²) >= 11 is 0. The first-order valence-corrected chi connectivity index (χ1v) is 22.6. The van der Waals surface area contributed by atoms with Crippen molar-refractivity contribution in [1.29, 1.82) is 0 Å². The standard InChI is InChI=1S/C43H64N4O3Si/c1-11-41(6,7)47-29-34(28-45-47)33-18-25-44-38(27-33)46(39(48)32-12-15-36(16-13-32)50-51(9,10)40(3,4)5)30-42-19-22-43(23-20-42,24-21-42)35-14-17-37(49-8)31(2)26-35/h14,17-18,25-29,32,36H,11-13,15-16,19-24,30H2,1-10H3. The number of amides is 1. The average molecular weight is 713 g/mol. The van der Waals surface area contributed by atoms with Crippen LogP contribution in [0.25, 0.3) is 11.1 Å². The number of pyridine rings is 1. The topological polar surface area (TPSA) is 69.5 Å². The molecule has 4 fully saturated rings. The number of fused-ring (bicyclic) bond motifs is 3. The minimum Gasteiger partial charge on any atom is -0.496 e. The molecule has 1 amide bonds. The molecular formula is C43H64N4O3Si. The van der Waals surface area contributed by atoms with E-state index in [-0.39, 0.29) is 39.3 Å². The molecule has 278 valence electrons. The number of carbonyl (C=O) groups excluding carboxylic acids is 1. The molecule has 4 aliphatic rings. The summed E-state index contributed by atoms with van der Waals surface area (Å²) in [6.07, 6.45) is 17.7. The maximum atomic E-state index is 14.8. The zero-order valence-corrected chi connectivity index (χ0v) is 34.3. The zero-order chi connectivity index (χ0) is 36.8. The summed E-state index contributed by atoms with van der Waals surface area (Å²) in [6.45, 7) is 21.1. The predicted octanol–water partition coefficient (Wildman–Crippen LogP) is 10.6. The van der Waals surface area contributed by atoms with Gasteiger partial charge in [-0.05, 0) is 155 Å². The van der Waals surface area contributed by atoms with Gasteiger partial charge in [-0.25, -0.2) is 4.98 Å². The first-order valence-electron chi connectivity index (χ1n) is 19.7. The molecule has 1 aromatic carbocycles. The number of methoxy groups -OCH3 is 1. The largest absolute Gasteiger partial charge is 0.496 e. The maximum Gasteiger partial charge on any atom is 0.231 e. The molecule has 2 heterocycles. The minimum absolute atomic E-state index is 0.00669. The Morgan fingerprint density at radius 1 is 0.961 bits per heavy atom. The number of aryl methyl sites for hydroxylation is 1. The van der Waals surface area contributed by atoms with Crippen LogP contribution < -0.4 is 9.64 Å². The molecule has 7 rings (SSSR count). The molecule has 0 aliphatic heterocycles. The number of nitrogens with zero attached hydrogens (tertiary/aromatic N) is 4. The summed E-state index contributed by atoms with van der Waals surface area (Å²) in [5.41, 5.74) is 5.05. The normalized spacial score (nSPS) is 25.5. The van der Waals surface area contributed by atoms with Gasteiger partial charge in [-0.3, -0.25) is 14.4 Å². The lowest BCUT2D eigenvalue weighted by Gasteiger charge is -2.55. The van der Waals surface area contributed by atoms with E-state index in [1.807, 2.05) is 12.4 Å². The third kappa shape index (κ3) is 7.60. The highest BCUT2D eigenvalue weighted by Gasteiger charge is 2.51. The number of rotatable bonds is 11. The summed E-state index contributed by atoms with van der Waals surface area (Å²) in [4.78, 5) is 21.9. The average Bonchev–Trinajstić information content (AvgIpc) is 3.63. The van der Waals surface area contributed by atoms with E-state index in [9.17, 15) is 4.79 Å². The number of aromatic nitrogens is 3. The zero-order valence-electron chi connectivity index (χ0n) is 33.3. The number of carbonyl (C=O) groups is 1. The van der Waals surface area contributed by atoms with Gasteiger partial charge < -0.3 is 9.16 Å². The molecule has 0 radical (unpaired) electrons. The molecule has 0 atom stereocenters. The van der Waals surface area contributed by atoms with E-state index in [1.165, 1.54) is 11.1 Å². The van der Waals surface area contributed by atoms with Crippen molar-refractivity contribution in [1.82, 2.24) is 14.8 Å². The van der Waals surface area contributed by atoms with E-state index in [4.69, 9.17) is 19.2 Å². The van der Waals surface area contributed by atoms with Gasteiger partial charge in [-0.1, -0.05) is 39.8 Å². The lowest BCUT2D eigenvalue weighted by molar-refractivity contribution is -0.124. The van der Waals surface area contributed by atoms with Gasteiger partial charge >= 0.3 is 0 Å². The molecule has 0 N–H and O–H groups in total. The first-order chi connectivity index (χ1) is 24.0. The summed E-state index contributed by atoms with van der Waals surface area (Å²) < 4.78 is 14.5. The SMILES string of the molecule is CCC(C)(C)n1cc(-c2ccnc(N(CC34CCC(c5ccc(OC)c(C)c5)(CC3)CC4)C(=O)C3CCC(O[Si](C)(C)C(C)(C)C)CC3)c2)cn1. The van der Waals surface area contributed by atoms with Crippen molar-refractivity contribution in [3.05, 3.63) is 60.0 Å². The van der Waals surface area contributed by atoms with Crippen molar-refractivity contribution < 1.29 is 14.0 Å². The summed E-state index contributed by atoms with van der Waals surface area (Å²) in [5.74, 6) is 1.98. The molecule has 0 spiro atoms. The van der Waals surface area contributed by atoms with E-state index in [0.29, 0.717) is 0 Å². The van der Waals surface area contributed by atoms with Gasteiger partial charge in [-0.2, -0.15) is 5.10 Å². The monoisotopic (exact) mass is 712 g/mol. The molecule has 0 saturated heterocycles. The highest BCUT2D eigenvalue weighted by atomic mass is 28.4. The fourth-order valence-corrected chi connectivity index (χ4v) is 10.1. The van der Waals surface area contributed by atoms with Crippen LogP contribution in [-0.4, -0.2) is 48.7 Å². The van der Waals surface area contributed by atoms with E-state index < -0.39 is 8.32 Å². The molecule has 7 nitrogen and oxygen atoms in total. The Balaban J connectivity index is 1.25. The van der Waals surface area contributed by atoms with Crippen LogP contribution in [0.4, 0.5) is 5.82 Å². The number of hydrogen-bond donors (Lipinski definition) is 0. The molecule has 3 aromatic rings. The predicted molar refractivity (Wildman–Crippen MR) is 211 cm³/mol. The Bertz CT molecular complexity index is 1670. The summed E-state index contributed by atoms with van der Waals surface area (Å²) in [5, 5.41) is 4.91. The molecule has 4 aliphatic carbocycles. The van der Waals surface area contributed by atoms with E-state index in [1.54, 1.807) is 7.11 Å². The van der Waals surface area contributed by atoms with E-state index >= 15 is 0 Å². The smallest absolute Gasteiger partial charge is 0.231 e. The lowest BCUT2D eigenvalue weighted by Crippen LogP contribution is -2.52. The Kier molecular flexibility index (Phi) is 10.5. The number of anilines is 1. The second kappa shape index (κ2) is 14.1. The van der Waals surface area contributed by atoms with Crippen LogP contribution in [0.1, 0.15) is 123 Å². The molecule has 2 bridgehead atoms. The van der Waals surface area contributed by atoms with Crippen molar-refractivity contribution in [3.63, 3.8) is 0 Å². The van der Waals surface area contributed by atoms with Gasteiger partial charge in [0.1, 0.15) is 11.6 Å². The Labute approximate surface area is 309 Å². The highest BCUT2D eigenvalue weighted by molar-refractivity contribution is 6.74. The third-order valence-corrected chi connectivity index (χ3v) is 18.4. The van der Waals surface area contributed by atoms with Crippen molar-refractivity contribution in [2.45, 2.75) is 154 Å². The second-order valence-corrected chi connectivity index (χ2v) is 23.2. The van der Waals surface area contributed by atoms with Crippen LogP contribution in [0.3, 0.4) is 0 Å². The fraction of sp³-hybridized carbons (Fsp3) is 0.651. The molecule has 51 heavy (non-hydrogen) atoms. The number of benzene rings is 1. The van der Waals surface area contributed by atoms with Gasteiger partial charge in [0.15, 0.2) is 8.32 Å². The first kappa shape index (κ1) is 37.8. The third-order valence-electron chi connectivity index (χ3n) is 13.9. The van der Waals surface area contributed by atoms with Crippen LogP contribution >= 0.6 is 0 Å². The van der Waals surface area contributed by atoms with Crippen molar-refractivity contribution in [2.75, 3.05) is 18.6 Å². The lowest BCUT2D eigenvalue weighted by atomic mass is 9.51. The van der Waals surface area contributed by atoms with Gasteiger partial charge in [0.2, 0.25) is 5.91 Å². The van der Waals surface area contributed by atoms with Gasteiger partial charge in [0, 0.05) is 36.5 Å². The van der Waals surface area contributed by atoms with Gasteiger partial charge in [0.05, 0.1) is 18.8 Å². The molecule has 2 aromatic heterocycles. The number of ether oxygens (including phenoxy) is 1. The Morgan fingerprint density at radius 2 is 1.63 bits per heavy atom. The maximum absolute atomic E-state index is 14.8. The summed E-state index contributed by atoms with van der Waals surface area (Å²) in [6, 6.07) is 11.0. The molecular weight excluding hydrogens is 649 g/mol. The highest BCUT2D eigenvalue weighted by Crippen LogP contribution is 2.58. The van der Waals surface area contributed by atoms with Crippen LogP contribution in [0.15, 0.2) is 48.9 Å². The molecule has 8 heteroatoms. The van der Waals surface area contributed by atoms with Gasteiger partial charge in [0.25, 0.3) is 0 Å². The van der Waals surface area contributed by atoms with Crippen LogP contribution in [0.2, 0.25) is 18.1 Å². The van der Waals surface area contributed by atoms with E-state index in [2.05, 4.69) is 108 Å². The van der Waals surface area contributed by atoms with Crippen molar-refractivity contribution >= 4 is 20.0 Å². The minimum atomic E-state index is -1.86. The Morgan fingerprint density at radius 3 is 2.22 bits per heavy atom. The van der Waals surface area contributed by atoms with Gasteiger partial charge in [-0.15, -0.1) is 0 Å². The van der Waals surface area contributed by atoms with Crippen molar-refractivity contribution in [2.24, 2.45) is 11.3 Å². The second-order valence-electron chi connectivity index (χ2n) is 18.5. The quantitative estimate of drug-likeness (QED) is 0.185. The Hall–Kier alpha value is -2.97. The molecule has 0 unspecified atom stereocenters. The van der Waals surface area contributed by atoms with Crippen LogP contribution in [0, 0.1) is 18.3 Å². The summed E-state index contributed by atoms with van der Waals surface area (Å²) in [7, 11) is -0.112. The number of hydrogen-bond acceptors (Lipinski definition) is 5.